The fourth-order valence-corrected chi connectivity index (χ4v) is 3.78. The lowest BCUT2D eigenvalue weighted by Crippen LogP contribution is -2.14. The highest BCUT2D eigenvalue weighted by Crippen LogP contribution is 2.37. The number of phenolic OH excluding ortho intramolecular Hbond substituents is 1. The molecule has 0 unspecified atom stereocenters. The van der Waals surface area contributed by atoms with Crippen LogP contribution in [0.1, 0.15) is 20.8 Å². The van der Waals surface area contributed by atoms with Crippen LogP contribution in [-0.4, -0.2) is 32.1 Å². The van der Waals surface area contributed by atoms with E-state index in [9.17, 15) is 19.8 Å². The van der Waals surface area contributed by atoms with E-state index in [0.717, 1.165) is 0 Å². The molecule has 0 aliphatic carbocycles. The highest BCUT2D eigenvalue weighted by molar-refractivity contribution is 6.35. The fraction of sp³-hybridized carbons (Fsp3) is 0. The maximum absolute atomic E-state index is 13.0. The summed E-state index contributed by atoms with van der Waals surface area (Å²) in [6.45, 7) is 0. The zero-order valence-electron chi connectivity index (χ0n) is 16.7. The van der Waals surface area contributed by atoms with Gasteiger partial charge in [-0.05, 0) is 36.4 Å². The molecule has 0 radical (unpaired) electrons. The third-order valence-corrected chi connectivity index (χ3v) is 5.37. The number of nitrogens with one attached hydrogen (secondary N) is 1. The Morgan fingerprint density at radius 2 is 1.76 bits per heavy atom. The summed E-state index contributed by atoms with van der Waals surface area (Å²) in [5, 5.41) is 23.6. The van der Waals surface area contributed by atoms with E-state index in [1.165, 1.54) is 18.2 Å². The van der Waals surface area contributed by atoms with Crippen molar-refractivity contribution < 1.29 is 24.2 Å². The van der Waals surface area contributed by atoms with Gasteiger partial charge in [0.1, 0.15) is 17.0 Å². The summed E-state index contributed by atoms with van der Waals surface area (Å²) >= 11 is 6.31. The van der Waals surface area contributed by atoms with E-state index in [-0.39, 0.29) is 45.2 Å². The molecule has 9 heteroatoms. The first-order valence-corrected chi connectivity index (χ1v) is 10.1. The van der Waals surface area contributed by atoms with Gasteiger partial charge in [-0.2, -0.15) is 0 Å². The number of aromatic hydroxyl groups is 1. The predicted octanol–water partition coefficient (Wildman–Crippen LogP) is 5.35. The number of para-hydroxylation sites is 3. The largest absolute Gasteiger partial charge is 0.506 e. The number of rotatable bonds is 4. The second-order valence-corrected chi connectivity index (χ2v) is 7.54. The zero-order chi connectivity index (χ0) is 23.1. The number of aromatic nitrogens is 2. The number of phenols is 1. The first kappa shape index (κ1) is 20.5. The van der Waals surface area contributed by atoms with E-state index in [4.69, 9.17) is 16.0 Å². The van der Waals surface area contributed by atoms with Gasteiger partial charge in [-0.15, -0.1) is 0 Å². The number of carbonyl (C=O) groups is 2. The van der Waals surface area contributed by atoms with Crippen molar-refractivity contribution in [3.8, 4) is 17.2 Å². The third kappa shape index (κ3) is 3.62. The average molecular weight is 460 g/mol. The number of aromatic carboxylic acids is 1. The van der Waals surface area contributed by atoms with Gasteiger partial charge in [-0.25, -0.2) is 14.8 Å². The number of oxazole rings is 1. The molecule has 2 heterocycles. The van der Waals surface area contributed by atoms with Crippen LogP contribution >= 0.6 is 11.6 Å². The number of fused-ring (bicyclic) bond motifs is 2. The van der Waals surface area contributed by atoms with Crippen molar-refractivity contribution in [2.24, 2.45) is 0 Å². The molecule has 2 aromatic heterocycles. The molecule has 0 aliphatic heterocycles. The summed E-state index contributed by atoms with van der Waals surface area (Å²) in [6.07, 6.45) is 0. The Morgan fingerprint density at radius 3 is 2.58 bits per heavy atom. The van der Waals surface area contributed by atoms with Crippen molar-refractivity contribution in [1.29, 1.82) is 0 Å². The van der Waals surface area contributed by atoms with Gasteiger partial charge in [-0.1, -0.05) is 41.9 Å². The molecule has 5 aromatic rings. The number of carboxylic acids is 1. The maximum Gasteiger partial charge on any atom is 0.338 e. The van der Waals surface area contributed by atoms with Gasteiger partial charge in [0, 0.05) is 5.39 Å². The molecule has 0 spiro atoms. The van der Waals surface area contributed by atoms with Crippen LogP contribution in [0.2, 0.25) is 5.02 Å². The van der Waals surface area contributed by atoms with E-state index in [2.05, 4.69) is 15.3 Å². The SMILES string of the molecule is O=C(Nc1c(O)cccc1-c1nc2c(C(=O)O)cccc2o1)c1cc(Cl)c2ccccc2n1. The Balaban J connectivity index is 1.57. The van der Waals surface area contributed by atoms with Crippen LogP contribution < -0.4 is 5.32 Å². The topological polar surface area (TPSA) is 126 Å². The van der Waals surface area contributed by atoms with Crippen molar-refractivity contribution in [1.82, 2.24) is 9.97 Å². The molecule has 5 rings (SSSR count). The van der Waals surface area contributed by atoms with Gasteiger partial charge < -0.3 is 19.9 Å². The van der Waals surface area contributed by atoms with E-state index in [1.807, 2.05) is 6.07 Å². The van der Waals surface area contributed by atoms with Gasteiger partial charge in [0.2, 0.25) is 5.89 Å². The van der Waals surface area contributed by atoms with Crippen LogP contribution in [0.4, 0.5) is 5.69 Å². The number of carboxylic acid groups (broad SMARTS) is 1. The number of amides is 1. The molecule has 0 aliphatic rings. The van der Waals surface area contributed by atoms with Crippen LogP contribution in [0.15, 0.2) is 71.1 Å². The normalized spacial score (nSPS) is 11.1. The van der Waals surface area contributed by atoms with Crippen LogP contribution in [-0.2, 0) is 0 Å². The molecule has 8 nitrogen and oxygen atoms in total. The smallest absolute Gasteiger partial charge is 0.338 e. The molecule has 33 heavy (non-hydrogen) atoms. The molecule has 1 amide bonds. The molecule has 0 saturated heterocycles. The monoisotopic (exact) mass is 459 g/mol. The summed E-state index contributed by atoms with van der Waals surface area (Å²) < 4.78 is 5.73. The van der Waals surface area contributed by atoms with E-state index < -0.39 is 11.9 Å². The average Bonchev–Trinajstić information content (AvgIpc) is 3.24. The minimum Gasteiger partial charge on any atom is -0.506 e. The van der Waals surface area contributed by atoms with Gasteiger partial charge in [0.15, 0.2) is 5.58 Å². The number of halogens is 1. The van der Waals surface area contributed by atoms with E-state index >= 15 is 0 Å². The number of benzene rings is 3. The predicted molar refractivity (Wildman–Crippen MR) is 123 cm³/mol. The van der Waals surface area contributed by atoms with Crippen LogP contribution in [0.25, 0.3) is 33.5 Å². The molecule has 0 saturated carbocycles. The highest BCUT2D eigenvalue weighted by Gasteiger charge is 2.21. The second kappa shape index (κ2) is 7.92. The summed E-state index contributed by atoms with van der Waals surface area (Å²) in [5.41, 5.74) is 1.30. The molecule has 162 valence electrons. The lowest BCUT2D eigenvalue weighted by Gasteiger charge is -2.11. The maximum atomic E-state index is 13.0. The van der Waals surface area contributed by atoms with Gasteiger partial charge >= 0.3 is 5.97 Å². The van der Waals surface area contributed by atoms with Crippen LogP contribution in [0.3, 0.4) is 0 Å². The molecule has 3 aromatic carbocycles. The lowest BCUT2D eigenvalue weighted by atomic mass is 10.1. The second-order valence-electron chi connectivity index (χ2n) is 7.14. The zero-order valence-corrected chi connectivity index (χ0v) is 17.5. The summed E-state index contributed by atoms with van der Waals surface area (Å²) in [6, 6.07) is 17.7. The standard InChI is InChI=1S/C24H14ClN3O5/c25-15-11-17(26-16-8-2-1-5-12(15)16)22(30)27-20-13(6-3-9-18(20)29)23-28-21-14(24(31)32)7-4-10-19(21)33-23/h1-11,29H,(H,27,30)(H,31,32). The quantitative estimate of drug-likeness (QED) is 0.309. The van der Waals surface area contributed by atoms with Crippen molar-refractivity contribution in [3.63, 3.8) is 0 Å². The highest BCUT2D eigenvalue weighted by atomic mass is 35.5. The molecule has 3 N–H and O–H groups in total. The Morgan fingerprint density at radius 1 is 0.970 bits per heavy atom. The number of pyridine rings is 1. The van der Waals surface area contributed by atoms with Crippen molar-refractivity contribution in [2.45, 2.75) is 0 Å². The Bertz CT molecular complexity index is 1580. The summed E-state index contributed by atoms with van der Waals surface area (Å²) in [4.78, 5) is 33.1. The van der Waals surface area contributed by atoms with E-state index in [0.29, 0.717) is 15.9 Å². The molecule has 0 fully saturated rings. The number of hydrogen-bond acceptors (Lipinski definition) is 6. The summed E-state index contributed by atoms with van der Waals surface area (Å²) in [5.74, 6) is -1.94. The van der Waals surface area contributed by atoms with Gasteiger partial charge in [0.05, 0.1) is 27.4 Å². The van der Waals surface area contributed by atoms with Gasteiger partial charge in [-0.3, -0.25) is 4.79 Å². The number of carbonyl (C=O) groups excluding carboxylic acids is 1. The number of anilines is 1. The molecular weight excluding hydrogens is 446 g/mol. The van der Waals surface area contributed by atoms with E-state index in [1.54, 1.807) is 42.5 Å². The van der Waals surface area contributed by atoms with Crippen molar-refractivity contribution in [2.75, 3.05) is 5.32 Å². The lowest BCUT2D eigenvalue weighted by molar-refractivity contribution is 0.0698. The molecular formula is C24H14ClN3O5. The summed E-state index contributed by atoms with van der Waals surface area (Å²) in [7, 11) is 0. The molecule has 0 atom stereocenters. The first-order chi connectivity index (χ1) is 15.9. The van der Waals surface area contributed by atoms with Crippen molar-refractivity contribution >= 4 is 51.2 Å². The van der Waals surface area contributed by atoms with Crippen molar-refractivity contribution in [3.05, 3.63) is 83.0 Å². The molecule has 0 bridgehead atoms. The number of hydrogen-bond donors (Lipinski definition) is 3. The van der Waals surface area contributed by atoms with Gasteiger partial charge in [0.25, 0.3) is 5.91 Å². The third-order valence-electron chi connectivity index (χ3n) is 5.06. The van der Waals surface area contributed by atoms with Crippen LogP contribution in [0.5, 0.6) is 5.75 Å². The Labute approximate surface area is 191 Å². The van der Waals surface area contributed by atoms with Crippen LogP contribution in [0, 0.1) is 0 Å². The fourth-order valence-electron chi connectivity index (χ4n) is 3.51. The minimum absolute atomic E-state index is 0.0248. The Kier molecular flexibility index (Phi) is 4.91. The Hall–Kier alpha value is -4.43. The minimum atomic E-state index is -1.15. The first-order valence-electron chi connectivity index (χ1n) is 9.74. The number of nitrogens with zero attached hydrogens (tertiary/aromatic N) is 2.